The van der Waals surface area contributed by atoms with Gasteiger partial charge in [-0.25, -0.2) is 4.79 Å². The van der Waals surface area contributed by atoms with Crippen molar-refractivity contribution in [2.45, 2.75) is 26.4 Å². The third kappa shape index (κ3) is 5.81. The van der Waals surface area contributed by atoms with Crippen LogP contribution in [-0.2, 0) is 11.3 Å². The summed E-state index contributed by atoms with van der Waals surface area (Å²) in [5.74, 6) is 0.452. The van der Waals surface area contributed by atoms with Crippen molar-refractivity contribution >= 4 is 11.9 Å². The molecule has 0 aromatic heterocycles. The van der Waals surface area contributed by atoms with Crippen molar-refractivity contribution in [3.63, 3.8) is 0 Å². The Kier molecular flexibility index (Phi) is 7.02. The second-order valence-electron chi connectivity index (χ2n) is 6.06. The maximum atomic E-state index is 12.1. The fourth-order valence-corrected chi connectivity index (χ4v) is 2.56. The predicted octanol–water partition coefficient (Wildman–Crippen LogP) is 2.68. The molecule has 3 amide bonds. The van der Waals surface area contributed by atoms with E-state index >= 15 is 0 Å². The van der Waals surface area contributed by atoms with Gasteiger partial charge in [0.25, 0.3) is 0 Å². The first-order chi connectivity index (χ1) is 12.5. The lowest BCUT2D eigenvalue weighted by Crippen LogP contribution is -2.42. The standard InChI is InChI=1S/C20H25N3O3/c1-14-9-10-18(26-3)17(11-14)15(2)23-19(24)13-22-20(25)21-12-16-7-5-4-6-8-16/h4-11,15H,12-13H2,1-3H3,(H,23,24)(H2,21,22,25)/t15-/m1/s1. The van der Waals surface area contributed by atoms with Crippen LogP contribution in [0.4, 0.5) is 4.79 Å². The molecule has 0 bridgehead atoms. The molecule has 0 aliphatic heterocycles. The third-order valence-electron chi connectivity index (χ3n) is 3.93. The zero-order valence-corrected chi connectivity index (χ0v) is 15.3. The van der Waals surface area contributed by atoms with Crippen LogP contribution in [0.2, 0.25) is 0 Å². The van der Waals surface area contributed by atoms with E-state index in [0.29, 0.717) is 6.54 Å². The van der Waals surface area contributed by atoms with Gasteiger partial charge in [-0.1, -0.05) is 48.0 Å². The normalized spacial score (nSPS) is 11.3. The third-order valence-corrected chi connectivity index (χ3v) is 3.93. The van der Waals surface area contributed by atoms with E-state index in [1.54, 1.807) is 7.11 Å². The summed E-state index contributed by atoms with van der Waals surface area (Å²) in [6, 6.07) is 14.8. The quantitative estimate of drug-likeness (QED) is 0.714. The van der Waals surface area contributed by atoms with Gasteiger partial charge in [-0.05, 0) is 25.5 Å². The maximum Gasteiger partial charge on any atom is 0.315 e. The summed E-state index contributed by atoms with van der Waals surface area (Å²) in [5, 5.41) is 8.14. The number of benzene rings is 2. The highest BCUT2D eigenvalue weighted by Crippen LogP contribution is 2.25. The number of hydrogen-bond acceptors (Lipinski definition) is 3. The van der Waals surface area contributed by atoms with Crippen LogP contribution >= 0.6 is 0 Å². The molecular weight excluding hydrogens is 330 g/mol. The van der Waals surface area contributed by atoms with Gasteiger partial charge < -0.3 is 20.7 Å². The molecule has 0 saturated carbocycles. The van der Waals surface area contributed by atoms with Crippen LogP contribution in [0, 0.1) is 6.92 Å². The van der Waals surface area contributed by atoms with Gasteiger partial charge in [-0.3, -0.25) is 4.79 Å². The Bertz CT molecular complexity index is 747. The summed E-state index contributed by atoms with van der Waals surface area (Å²) < 4.78 is 5.34. The molecule has 2 aromatic rings. The first-order valence-electron chi connectivity index (χ1n) is 8.49. The van der Waals surface area contributed by atoms with Crippen LogP contribution in [0.3, 0.4) is 0 Å². The number of methoxy groups -OCH3 is 1. The number of carbonyl (C=O) groups is 2. The molecule has 26 heavy (non-hydrogen) atoms. The van der Waals surface area contributed by atoms with Crippen molar-refractivity contribution in [1.29, 1.82) is 0 Å². The first-order valence-corrected chi connectivity index (χ1v) is 8.49. The molecule has 6 nitrogen and oxygen atoms in total. The van der Waals surface area contributed by atoms with E-state index in [2.05, 4.69) is 16.0 Å². The average Bonchev–Trinajstić information content (AvgIpc) is 2.65. The molecule has 0 aliphatic carbocycles. The van der Waals surface area contributed by atoms with Crippen molar-refractivity contribution in [3.05, 3.63) is 65.2 Å². The minimum atomic E-state index is -0.384. The zero-order chi connectivity index (χ0) is 18.9. The molecule has 0 heterocycles. The molecule has 0 unspecified atom stereocenters. The minimum absolute atomic E-state index is 0.0981. The number of nitrogens with one attached hydrogen (secondary N) is 3. The molecule has 0 aliphatic rings. The van der Waals surface area contributed by atoms with Crippen molar-refractivity contribution in [2.75, 3.05) is 13.7 Å². The van der Waals surface area contributed by atoms with Crippen LogP contribution in [-0.4, -0.2) is 25.6 Å². The number of ether oxygens (including phenoxy) is 1. The topological polar surface area (TPSA) is 79.5 Å². The van der Waals surface area contributed by atoms with Gasteiger partial charge in [0.2, 0.25) is 5.91 Å². The Morgan fingerprint density at radius 3 is 2.50 bits per heavy atom. The Balaban J connectivity index is 1.79. The number of amides is 3. The highest BCUT2D eigenvalue weighted by atomic mass is 16.5. The van der Waals surface area contributed by atoms with Crippen molar-refractivity contribution in [1.82, 2.24) is 16.0 Å². The van der Waals surface area contributed by atoms with Gasteiger partial charge in [-0.2, -0.15) is 0 Å². The summed E-state index contributed by atoms with van der Waals surface area (Å²) in [6.45, 7) is 4.17. The summed E-state index contributed by atoms with van der Waals surface area (Å²) in [5.41, 5.74) is 2.97. The van der Waals surface area contributed by atoms with E-state index in [9.17, 15) is 9.59 Å². The van der Waals surface area contributed by atoms with Crippen LogP contribution in [0.25, 0.3) is 0 Å². The molecule has 138 valence electrons. The SMILES string of the molecule is COc1ccc(C)cc1[C@@H](C)NC(=O)CNC(=O)NCc1ccccc1. The molecule has 3 N–H and O–H groups in total. The number of aryl methyl sites for hydroxylation is 1. The van der Waals surface area contributed by atoms with Crippen LogP contribution in [0.5, 0.6) is 5.75 Å². The minimum Gasteiger partial charge on any atom is -0.496 e. The molecule has 0 spiro atoms. The van der Waals surface area contributed by atoms with Crippen molar-refractivity contribution in [3.8, 4) is 5.75 Å². The van der Waals surface area contributed by atoms with E-state index < -0.39 is 0 Å². The van der Waals surface area contributed by atoms with E-state index in [1.165, 1.54) is 0 Å². The number of carbonyl (C=O) groups excluding carboxylic acids is 2. The second kappa shape index (κ2) is 9.46. The van der Waals surface area contributed by atoms with Crippen molar-refractivity contribution in [2.24, 2.45) is 0 Å². The summed E-state index contributed by atoms with van der Waals surface area (Å²) in [4.78, 5) is 23.9. The lowest BCUT2D eigenvalue weighted by molar-refractivity contribution is -0.120. The van der Waals surface area contributed by atoms with Gasteiger partial charge >= 0.3 is 6.03 Å². The zero-order valence-electron chi connectivity index (χ0n) is 15.3. The van der Waals surface area contributed by atoms with Crippen LogP contribution in [0.15, 0.2) is 48.5 Å². The van der Waals surface area contributed by atoms with Gasteiger partial charge in [0, 0.05) is 12.1 Å². The number of urea groups is 1. The Hall–Kier alpha value is -3.02. The van der Waals surface area contributed by atoms with E-state index in [4.69, 9.17) is 4.74 Å². The Morgan fingerprint density at radius 1 is 1.08 bits per heavy atom. The molecule has 0 saturated heterocycles. The van der Waals surface area contributed by atoms with Gasteiger partial charge in [0.05, 0.1) is 19.7 Å². The molecular formula is C20H25N3O3. The lowest BCUT2D eigenvalue weighted by atomic mass is 10.0. The molecule has 0 radical (unpaired) electrons. The lowest BCUT2D eigenvalue weighted by Gasteiger charge is -2.18. The second-order valence-corrected chi connectivity index (χ2v) is 6.06. The summed E-state index contributed by atoms with van der Waals surface area (Å²) >= 11 is 0. The Morgan fingerprint density at radius 2 is 1.81 bits per heavy atom. The summed E-state index contributed by atoms with van der Waals surface area (Å²) in [6.07, 6.45) is 0. The van der Waals surface area contributed by atoms with E-state index in [0.717, 1.165) is 22.4 Å². The van der Waals surface area contributed by atoms with Crippen LogP contribution in [0.1, 0.15) is 29.7 Å². The van der Waals surface area contributed by atoms with Gasteiger partial charge in [-0.15, -0.1) is 0 Å². The maximum absolute atomic E-state index is 12.1. The molecule has 1 atom stereocenters. The first kappa shape index (κ1) is 19.3. The summed E-state index contributed by atoms with van der Waals surface area (Å²) in [7, 11) is 1.60. The highest BCUT2D eigenvalue weighted by molar-refractivity contribution is 5.84. The van der Waals surface area contributed by atoms with E-state index in [-0.39, 0.29) is 24.5 Å². The van der Waals surface area contributed by atoms with Gasteiger partial charge in [0.15, 0.2) is 0 Å². The highest BCUT2D eigenvalue weighted by Gasteiger charge is 2.14. The monoisotopic (exact) mass is 355 g/mol. The fraction of sp³-hybridized carbons (Fsp3) is 0.300. The van der Waals surface area contributed by atoms with E-state index in [1.807, 2.05) is 62.4 Å². The van der Waals surface area contributed by atoms with Gasteiger partial charge in [0.1, 0.15) is 5.75 Å². The van der Waals surface area contributed by atoms with Crippen molar-refractivity contribution < 1.29 is 14.3 Å². The largest absolute Gasteiger partial charge is 0.496 e. The smallest absolute Gasteiger partial charge is 0.315 e. The number of rotatable bonds is 7. The average molecular weight is 355 g/mol. The number of hydrogen-bond donors (Lipinski definition) is 3. The van der Waals surface area contributed by atoms with Crippen LogP contribution < -0.4 is 20.7 Å². The molecule has 2 rings (SSSR count). The molecule has 6 heteroatoms. The fourth-order valence-electron chi connectivity index (χ4n) is 2.56. The molecule has 0 fully saturated rings. The predicted molar refractivity (Wildman–Crippen MR) is 101 cm³/mol. The molecule has 2 aromatic carbocycles. The Labute approximate surface area is 153 Å².